The van der Waals surface area contributed by atoms with E-state index in [1.807, 2.05) is 13.0 Å². The Balaban J connectivity index is 2.18. The van der Waals surface area contributed by atoms with E-state index in [-0.39, 0.29) is 5.82 Å². The highest BCUT2D eigenvalue weighted by Gasteiger charge is 2.24. The number of hydrogen-bond acceptors (Lipinski definition) is 1. The van der Waals surface area contributed by atoms with E-state index in [1.165, 1.54) is 38.5 Å². The topological polar surface area (TPSA) is 12.0 Å². The molecule has 20 heavy (non-hydrogen) atoms. The van der Waals surface area contributed by atoms with Gasteiger partial charge in [-0.15, -0.1) is 0 Å². The maximum Gasteiger partial charge on any atom is 0.126 e. The molecular weight excluding hydrogens is 249 g/mol. The Hall–Kier alpha value is -0.890. The summed E-state index contributed by atoms with van der Waals surface area (Å²) in [7, 11) is 0. The first kappa shape index (κ1) is 15.5. The van der Waals surface area contributed by atoms with Gasteiger partial charge in [-0.25, -0.2) is 4.39 Å². The van der Waals surface area contributed by atoms with E-state index in [0.717, 1.165) is 24.1 Å². The summed E-state index contributed by atoms with van der Waals surface area (Å²) in [4.78, 5) is 0. The monoisotopic (exact) mass is 277 g/mol. The number of halogens is 1. The largest absolute Gasteiger partial charge is 0.310 e. The lowest BCUT2D eigenvalue weighted by Gasteiger charge is -2.28. The molecule has 1 fully saturated rings. The Bertz CT molecular complexity index is 408. The minimum atomic E-state index is -0.0700. The highest BCUT2D eigenvalue weighted by atomic mass is 19.1. The van der Waals surface area contributed by atoms with Crippen molar-refractivity contribution >= 4 is 0 Å². The first-order valence-corrected chi connectivity index (χ1v) is 8.21. The van der Waals surface area contributed by atoms with Gasteiger partial charge in [0.15, 0.2) is 0 Å². The molecule has 1 saturated carbocycles. The third kappa shape index (κ3) is 4.05. The van der Waals surface area contributed by atoms with Crippen molar-refractivity contribution in [2.75, 3.05) is 6.54 Å². The van der Waals surface area contributed by atoms with E-state index >= 15 is 0 Å². The summed E-state index contributed by atoms with van der Waals surface area (Å²) in [5, 5.41) is 3.66. The van der Waals surface area contributed by atoms with Crippen LogP contribution in [0.1, 0.15) is 69.0 Å². The Morgan fingerprint density at radius 3 is 2.50 bits per heavy atom. The molecule has 1 aliphatic carbocycles. The van der Waals surface area contributed by atoms with Crippen LogP contribution in [-0.4, -0.2) is 6.54 Å². The molecule has 112 valence electrons. The molecule has 2 rings (SSSR count). The van der Waals surface area contributed by atoms with Crippen LogP contribution in [0.2, 0.25) is 0 Å². The van der Waals surface area contributed by atoms with Gasteiger partial charge in [0.05, 0.1) is 0 Å². The highest BCUT2D eigenvalue weighted by Crippen LogP contribution is 2.34. The molecule has 0 amide bonds. The number of benzene rings is 1. The number of aryl methyl sites for hydroxylation is 1. The number of nitrogens with one attached hydrogen (secondary N) is 1. The van der Waals surface area contributed by atoms with Crippen LogP contribution in [0.25, 0.3) is 0 Å². The van der Waals surface area contributed by atoms with Crippen molar-refractivity contribution in [3.63, 3.8) is 0 Å². The minimum absolute atomic E-state index is 0.0700. The van der Waals surface area contributed by atoms with Crippen molar-refractivity contribution in [1.29, 1.82) is 0 Å². The molecule has 0 bridgehead atoms. The SMILES string of the molecule is CCCNC(c1ccc(C)c(F)c1)C1CCCCCC1. The van der Waals surface area contributed by atoms with Gasteiger partial charge in [-0.2, -0.15) is 0 Å². The van der Waals surface area contributed by atoms with E-state index in [1.54, 1.807) is 6.07 Å². The zero-order valence-corrected chi connectivity index (χ0v) is 12.9. The zero-order valence-electron chi connectivity index (χ0n) is 12.9. The minimum Gasteiger partial charge on any atom is -0.310 e. The predicted octanol–water partition coefficient (Wildman–Crippen LogP) is 5.15. The van der Waals surface area contributed by atoms with Crippen LogP contribution < -0.4 is 5.32 Å². The summed E-state index contributed by atoms with van der Waals surface area (Å²) in [5.41, 5.74) is 1.87. The van der Waals surface area contributed by atoms with Gasteiger partial charge in [0.2, 0.25) is 0 Å². The third-order valence-corrected chi connectivity index (χ3v) is 4.54. The van der Waals surface area contributed by atoms with Crippen LogP contribution in [-0.2, 0) is 0 Å². The summed E-state index contributed by atoms with van der Waals surface area (Å²) >= 11 is 0. The lowest BCUT2D eigenvalue weighted by Crippen LogP contribution is -2.29. The molecule has 0 radical (unpaired) electrons. The molecule has 1 aromatic carbocycles. The average Bonchev–Trinajstić information content (AvgIpc) is 2.72. The van der Waals surface area contributed by atoms with E-state index in [9.17, 15) is 4.39 Å². The first-order valence-electron chi connectivity index (χ1n) is 8.21. The quantitative estimate of drug-likeness (QED) is 0.734. The molecule has 1 aromatic rings. The smallest absolute Gasteiger partial charge is 0.126 e. The van der Waals surface area contributed by atoms with Crippen LogP contribution in [0.5, 0.6) is 0 Å². The van der Waals surface area contributed by atoms with Crippen molar-refractivity contribution in [3.8, 4) is 0 Å². The lowest BCUT2D eigenvalue weighted by molar-refractivity contribution is 0.325. The van der Waals surface area contributed by atoms with Gasteiger partial charge in [0, 0.05) is 6.04 Å². The van der Waals surface area contributed by atoms with Gasteiger partial charge >= 0.3 is 0 Å². The van der Waals surface area contributed by atoms with E-state index in [2.05, 4.69) is 18.3 Å². The second kappa shape index (κ2) is 7.78. The number of rotatable bonds is 5. The molecular formula is C18H28FN. The van der Waals surface area contributed by atoms with E-state index < -0.39 is 0 Å². The molecule has 1 aliphatic rings. The summed E-state index contributed by atoms with van der Waals surface area (Å²) in [6.07, 6.45) is 9.04. The molecule has 0 spiro atoms. The van der Waals surface area contributed by atoms with Crippen LogP contribution in [0, 0.1) is 18.7 Å². The molecule has 0 heterocycles. The normalized spacial score (nSPS) is 18.8. The van der Waals surface area contributed by atoms with Gasteiger partial charge < -0.3 is 5.32 Å². The van der Waals surface area contributed by atoms with E-state index in [4.69, 9.17) is 0 Å². The van der Waals surface area contributed by atoms with Crippen molar-refractivity contribution < 1.29 is 4.39 Å². The Labute approximate surface area is 123 Å². The van der Waals surface area contributed by atoms with Crippen molar-refractivity contribution in [3.05, 3.63) is 35.1 Å². The summed E-state index contributed by atoms with van der Waals surface area (Å²) in [5.74, 6) is 0.588. The van der Waals surface area contributed by atoms with Crippen molar-refractivity contribution in [1.82, 2.24) is 5.32 Å². The highest BCUT2D eigenvalue weighted by molar-refractivity contribution is 5.26. The van der Waals surface area contributed by atoms with Crippen LogP contribution >= 0.6 is 0 Å². The van der Waals surface area contributed by atoms with Crippen molar-refractivity contribution in [2.45, 2.75) is 64.8 Å². The number of hydrogen-bond donors (Lipinski definition) is 1. The van der Waals surface area contributed by atoms with Gasteiger partial charge in [0.1, 0.15) is 5.82 Å². The second-order valence-electron chi connectivity index (χ2n) is 6.19. The fourth-order valence-electron chi connectivity index (χ4n) is 3.30. The fraction of sp³-hybridized carbons (Fsp3) is 0.667. The molecule has 2 heteroatoms. The third-order valence-electron chi connectivity index (χ3n) is 4.54. The van der Waals surface area contributed by atoms with Gasteiger partial charge in [0.25, 0.3) is 0 Å². The maximum atomic E-state index is 13.9. The standard InChI is InChI=1S/C18H28FN/c1-3-12-20-18(15-8-6-4-5-7-9-15)16-11-10-14(2)17(19)13-16/h10-11,13,15,18,20H,3-9,12H2,1-2H3. The van der Waals surface area contributed by atoms with Crippen LogP contribution in [0.3, 0.4) is 0 Å². The van der Waals surface area contributed by atoms with Gasteiger partial charge in [-0.05, 0) is 55.8 Å². The lowest BCUT2D eigenvalue weighted by atomic mass is 9.86. The molecule has 0 saturated heterocycles. The average molecular weight is 277 g/mol. The first-order chi connectivity index (χ1) is 9.72. The molecule has 0 aromatic heterocycles. The Kier molecular flexibility index (Phi) is 6.03. The Morgan fingerprint density at radius 1 is 1.20 bits per heavy atom. The zero-order chi connectivity index (χ0) is 14.4. The molecule has 1 unspecified atom stereocenters. The fourth-order valence-corrected chi connectivity index (χ4v) is 3.30. The maximum absolute atomic E-state index is 13.9. The summed E-state index contributed by atoms with van der Waals surface area (Å²) < 4.78 is 13.9. The van der Waals surface area contributed by atoms with Gasteiger partial charge in [-0.1, -0.05) is 44.7 Å². The molecule has 1 nitrogen and oxygen atoms in total. The van der Waals surface area contributed by atoms with E-state index in [0.29, 0.717) is 12.0 Å². The predicted molar refractivity (Wildman–Crippen MR) is 83.4 cm³/mol. The van der Waals surface area contributed by atoms with Crippen LogP contribution in [0.4, 0.5) is 4.39 Å². The second-order valence-corrected chi connectivity index (χ2v) is 6.19. The summed E-state index contributed by atoms with van der Waals surface area (Å²) in [6, 6.07) is 6.09. The van der Waals surface area contributed by atoms with Crippen molar-refractivity contribution in [2.24, 2.45) is 5.92 Å². The van der Waals surface area contributed by atoms with Crippen LogP contribution in [0.15, 0.2) is 18.2 Å². The Morgan fingerprint density at radius 2 is 1.90 bits per heavy atom. The molecule has 0 aliphatic heterocycles. The van der Waals surface area contributed by atoms with Gasteiger partial charge in [-0.3, -0.25) is 0 Å². The molecule has 1 atom stereocenters. The molecule has 1 N–H and O–H groups in total. The summed E-state index contributed by atoms with van der Waals surface area (Å²) in [6.45, 7) is 5.03.